The molecule has 0 fully saturated rings. The van der Waals surface area contributed by atoms with Crippen LogP contribution in [0.1, 0.15) is 0 Å². The number of nitrogens with two attached hydrogens (primary N) is 1. The predicted molar refractivity (Wildman–Crippen MR) is 86.4 cm³/mol. The van der Waals surface area contributed by atoms with Crippen molar-refractivity contribution < 1.29 is 0 Å². The molecule has 0 saturated carbocycles. The highest BCUT2D eigenvalue weighted by Crippen LogP contribution is 2.34. The highest BCUT2D eigenvalue weighted by Gasteiger charge is 2.09. The minimum atomic E-state index is 0.388. The Labute approximate surface area is 135 Å². The number of halogens is 3. The molecule has 2 aromatic rings. The number of hydrogen-bond donors (Lipinski definition) is 3. The van der Waals surface area contributed by atoms with Crippen molar-refractivity contribution in [3.8, 4) is 0 Å². The van der Waals surface area contributed by atoms with E-state index in [4.69, 9.17) is 40.6 Å². The van der Waals surface area contributed by atoms with E-state index in [1.165, 1.54) is 11.8 Å². The Hall–Kier alpha value is -0.920. The highest BCUT2D eigenvalue weighted by atomic mass is 35.5. The first-order valence-corrected chi connectivity index (χ1v) is 7.70. The summed E-state index contributed by atoms with van der Waals surface area (Å²) >= 11 is 19.4. The first-order valence-electron chi connectivity index (χ1n) is 5.34. The molecule has 4 N–H and O–H groups in total. The maximum absolute atomic E-state index is 6.10. The minimum absolute atomic E-state index is 0.388. The van der Waals surface area contributed by atoms with Gasteiger partial charge in [0.1, 0.15) is 11.6 Å². The molecule has 2 rings (SSSR count). The first-order chi connectivity index (χ1) is 9.53. The number of nitrogens with one attached hydrogen (secondary N) is 2. The standard InChI is InChI=1S/C11H10Cl3N5S/c1-20-11-17-9(4-10(18-11)19-15)16-8-3-6(13)5(12)2-7(8)14/h2-4H,15H2,1H3,(H2,16,17,18,19). The number of hydrazine groups is 1. The maximum atomic E-state index is 6.10. The Morgan fingerprint density at radius 3 is 2.30 bits per heavy atom. The summed E-state index contributed by atoms with van der Waals surface area (Å²) in [4.78, 5) is 8.46. The molecule has 0 atom stereocenters. The Morgan fingerprint density at radius 2 is 1.65 bits per heavy atom. The van der Waals surface area contributed by atoms with Crippen molar-refractivity contribution >= 4 is 63.9 Å². The molecule has 0 aliphatic carbocycles. The lowest BCUT2D eigenvalue weighted by molar-refractivity contribution is 0.971. The minimum Gasteiger partial charge on any atom is -0.339 e. The van der Waals surface area contributed by atoms with Crippen LogP contribution >= 0.6 is 46.6 Å². The van der Waals surface area contributed by atoms with Crippen LogP contribution in [-0.2, 0) is 0 Å². The van der Waals surface area contributed by atoms with Crippen LogP contribution in [0.4, 0.5) is 17.3 Å². The van der Waals surface area contributed by atoms with Crippen LogP contribution in [0.3, 0.4) is 0 Å². The Balaban J connectivity index is 2.36. The van der Waals surface area contributed by atoms with Crippen molar-refractivity contribution in [1.82, 2.24) is 9.97 Å². The second kappa shape index (κ2) is 6.69. The van der Waals surface area contributed by atoms with Crippen molar-refractivity contribution in [2.24, 2.45) is 5.84 Å². The Kier molecular flexibility index (Phi) is 5.17. The number of thioether (sulfide) groups is 1. The van der Waals surface area contributed by atoms with Gasteiger partial charge in [-0.15, -0.1) is 0 Å². The molecule has 5 nitrogen and oxygen atoms in total. The number of nitrogen functional groups attached to an aromatic ring is 1. The van der Waals surface area contributed by atoms with Crippen molar-refractivity contribution in [2.45, 2.75) is 5.16 Å². The number of hydrogen-bond acceptors (Lipinski definition) is 6. The quantitative estimate of drug-likeness (QED) is 0.252. The summed E-state index contributed by atoms with van der Waals surface area (Å²) in [7, 11) is 0. The van der Waals surface area contributed by atoms with Crippen molar-refractivity contribution in [3.05, 3.63) is 33.3 Å². The zero-order valence-electron chi connectivity index (χ0n) is 10.2. The van der Waals surface area contributed by atoms with Crippen LogP contribution in [0.2, 0.25) is 15.1 Å². The number of nitrogens with zero attached hydrogens (tertiary/aromatic N) is 2. The van der Waals surface area contributed by atoms with Crippen LogP contribution in [0.5, 0.6) is 0 Å². The molecule has 0 bridgehead atoms. The zero-order valence-corrected chi connectivity index (χ0v) is 13.3. The number of anilines is 3. The van der Waals surface area contributed by atoms with E-state index in [1.807, 2.05) is 6.26 Å². The number of rotatable bonds is 4. The van der Waals surface area contributed by atoms with E-state index in [-0.39, 0.29) is 0 Å². The fraction of sp³-hybridized carbons (Fsp3) is 0.0909. The van der Waals surface area contributed by atoms with E-state index in [1.54, 1.807) is 18.2 Å². The molecule has 1 heterocycles. The monoisotopic (exact) mass is 349 g/mol. The summed E-state index contributed by atoms with van der Waals surface area (Å²) in [5.41, 5.74) is 3.07. The molecule has 0 spiro atoms. The predicted octanol–water partition coefficient (Wildman–Crippen LogP) is 4.19. The van der Waals surface area contributed by atoms with Crippen molar-refractivity contribution in [2.75, 3.05) is 17.0 Å². The van der Waals surface area contributed by atoms with Gasteiger partial charge < -0.3 is 10.7 Å². The molecular weight excluding hydrogens is 341 g/mol. The largest absolute Gasteiger partial charge is 0.339 e. The zero-order chi connectivity index (χ0) is 14.7. The molecule has 9 heteroatoms. The fourth-order valence-corrected chi connectivity index (χ4v) is 2.38. The number of aromatic nitrogens is 2. The fourth-order valence-electron chi connectivity index (χ4n) is 1.41. The lowest BCUT2D eigenvalue weighted by Crippen LogP contribution is -2.10. The third kappa shape index (κ3) is 3.59. The van der Waals surface area contributed by atoms with Gasteiger partial charge in [0.15, 0.2) is 5.16 Å². The molecule has 0 aliphatic heterocycles. The van der Waals surface area contributed by atoms with Crippen LogP contribution < -0.4 is 16.6 Å². The highest BCUT2D eigenvalue weighted by molar-refractivity contribution is 7.98. The second-order valence-corrected chi connectivity index (χ2v) is 5.64. The molecule has 1 aromatic carbocycles. The van der Waals surface area contributed by atoms with Gasteiger partial charge >= 0.3 is 0 Å². The van der Waals surface area contributed by atoms with Gasteiger partial charge in [0, 0.05) is 6.07 Å². The number of benzene rings is 1. The van der Waals surface area contributed by atoms with Crippen LogP contribution in [0.15, 0.2) is 23.4 Å². The van der Waals surface area contributed by atoms with Gasteiger partial charge in [-0.3, -0.25) is 0 Å². The van der Waals surface area contributed by atoms with E-state index < -0.39 is 0 Å². The lowest BCUT2D eigenvalue weighted by atomic mass is 10.3. The topological polar surface area (TPSA) is 75.9 Å². The van der Waals surface area contributed by atoms with Gasteiger partial charge in [-0.1, -0.05) is 46.6 Å². The summed E-state index contributed by atoms with van der Waals surface area (Å²) < 4.78 is 0. The molecule has 0 aliphatic rings. The third-order valence-corrected chi connectivity index (χ3v) is 3.89. The smallest absolute Gasteiger partial charge is 0.191 e. The molecule has 1 aromatic heterocycles. The van der Waals surface area contributed by atoms with Crippen LogP contribution in [0.25, 0.3) is 0 Å². The normalized spacial score (nSPS) is 10.4. The molecule has 0 amide bonds. The lowest BCUT2D eigenvalue weighted by Gasteiger charge is -2.11. The SMILES string of the molecule is CSc1nc(NN)cc(Nc2cc(Cl)c(Cl)cc2Cl)n1. The summed E-state index contributed by atoms with van der Waals surface area (Å²) in [5.74, 6) is 6.40. The van der Waals surface area contributed by atoms with E-state index in [2.05, 4.69) is 20.7 Å². The maximum Gasteiger partial charge on any atom is 0.191 e. The molecule has 0 saturated heterocycles. The Bertz CT molecular complexity index is 615. The molecule has 20 heavy (non-hydrogen) atoms. The molecular formula is C11H10Cl3N5S. The summed E-state index contributed by atoms with van der Waals surface area (Å²) in [6, 6.07) is 4.84. The van der Waals surface area contributed by atoms with Gasteiger partial charge in [-0.05, 0) is 18.4 Å². The second-order valence-electron chi connectivity index (χ2n) is 3.64. The average Bonchev–Trinajstić information content (AvgIpc) is 2.44. The Morgan fingerprint density at radius 1 is 1.00 bits per heavy atom. The first kappa shape index (κ1) is 15.5. The van der Waals surface area contributed by atoms with E-state index >= 15 is 0 Å². The van der Waals surface area contributed by atoms with Crippen LogP contribution in [0, 0.1) is 0 Å². The van der Waals surface area contributed by atoms with E-state index in [0.29, 0.717) is 37.5 Å². The van der Waals surface area contributed by atoms with Crippen molar-refractivity contribution in [3.63, 3.8) is 0 Å². The third-order valence-electron chi connectivity index (χ3n) is 2.31. The molecule has 106 valence electrons. The van der Waals surface area contributed by atoms with Gasteiger partial charge in [0.05, 0.1) is 20.8 Å². The summed E-state index contributed by atoms with van der Waals surface area (Å²) in [5, 5.41) is 4.85. The average molecular weight is 351 g/mol. The van der Waals surface area contributed by atoms with Gasteiger partial charge in [-0.2, -0.15) is 0 Å². The van der Waals surface area contributed by atoms with Gasteiger partial charge in [-0.25, -0.2) is 15.8 Å². The van der Waals surface area contributed by atoms with Gasteiger partial charge in [0.2, 0.25) is 0 Å². The van der Waals surface area contributed by atoms with E-state index in [0.717, 1.165) is 0 Å². The van der Waals surface area contributed by atoms with Crippen molar-refractivity contribution in [1.29, 1.82) is 0 Å². The van der Waals surface area contributed by atoms with E-state index in [9.17, 15) is 0 Å². The summed E-state index contributed by atoms with van der Waals surface area (Å²) in [6.07, 6.45) is 1.87. The van der Waals surface area contributed by atoms with Gasteiger partial charge in [0.25, 0.3) is 0 Å². The molecule has 0 unspecified atom stereocenters. The summed E-state index contributed by atoms with van der Waals surface area (Å²) in [6.45, 7) is 0. The molecule has 0 radical (unpaired) electrons. The van der Waals surface area contributed by atoms with Crippen LogP contribution in [-0.4, -0.2) is 16.2 Å².